The number of halogens is 4. The minimum absolute atomic E-state index is 0.164. The molecule has 0 atom stereocenters. The fourth-order valence-corrected chi connectivity index (χ4v) is 1.77. The average molecular weight is 316 g/mol. The molecule has 0 spiro atoms. The molecule has 0 radical (unpaired) electrons. The van der Waals surface area contributed by atoms with Crippen molar-refractivity contribution in [3.63, 3.8) is 0 Å². The monoisotopic (exact) mass is 315 g/mol. The molecule has 2 rings (SSSR count). The summed E-state index contributed by atoms with van der Waals surface area (Å²) in [7, 11) is 0. The van der Waals surface area contributed by atoms with Gasteiger partial charge in [0.25, 0.3) is 0 Å². The van der Waals surface area contributed by atoms with Gasteiger partial charge in [0, 0.05) is 12.6 Å². The Bertz CT molecular complexity index is 671. The summed E-state index contributed by atoms with van der Waals surface area (Å²) >= 11 is 5.53. The average Bonchev–Trinajstić information content (AvgIpc) is 2.40. The largest absolute Gasteiger partial charge is 0.417 e. The Morgan fingerprint density at radius 1 is 1.24 bits per heavy atom. The second-order valence-corrected chi connectivity index (χ2v) is 4.57. The van der Waals surface area contributed by atoms with Crippen molar-refractivity contribution >= 4 is 28.9 Å². The lowest BCUT2D eigenvalue weighted by atomic mass is 10.2. The van der Waals surface area contributed by atoms with Crippen molar-refractivity contribution in [2.75, 3.05) is 5.32 Å². The van der Waals surface area contributed by atoms with E-state index in [4.69, 9.17) is 11.6 Å². The standard InChI is InChI=1S/C13H9ClF3N3O/c1-7(21)11-5-19-12(6-18-11)20-8-2-3-10(14)9(4-8)13(15,16)17/h2-6H,1H3,(H,19,20). The van der Waals surface area contributed by atoms with Crippen LogP contribution in [0.25, 0.3) is 0 Å². The zero-order valence-corrected chi connectivity index (χ0v) is 11.5. The quantitative estimate of drug-likeness (QED) is 0.867. The molecule has 0 aliphatic carbocycles. The molecule has 0 saturated carbocycles. The molecule has 0 amide bonds. The Labute approximate surface area is 123 Å². The van der Waals surface area contributed by atoms with Gasteiger partial charge in [-0.25, -0.2) is 9.97 Å². The first-order chi connectivity index (χ1) is 9.77. The molecule has 2 aromatic rings. The van der Waals surface area contributed by atoms with Gasteiger partial charge in [0.05, 0.1) is 23.0 Å². The second kappa shape index (κ2) is 5.69. The number of rotatable bonds is 3. The normalized spacial score (nSPS) is 11.3. The lowest BCUT2D eigenvalue weighted by molar-refractivity contribution is -0.137. The summed E-state index contributed by atoms with van der Waals surface area (Å²) in [5, 5.41) is 2.28. The maximum absolute atomic E-state index is 12.7. The lowest BCUT2D eigenvalue weighted by Crippen LogP contribution is -2.07. The number of carbonyl (C=O) groups is 1. The topological polar surface area (TPSA) is 54.9 Å². The molecule has 1 aromatic heterocycles. The summed E-state index contributed by atoms with van der Waals surface area (Å²) in [5.74, 6) is -0.0321. The summed E-state index contributed by atoms with van der Waals surface area (Å²) in [6.07, 6.45) is -2.04. The maximum Gasteiger partial charge on any atom is 0.417 e. The molecule has 21 heavy (non-hydrogen) atoms. The molecule has 110 valence electrons. The predicted octanol–water partition coefficient (Wildman–Crippen LogP) is 4.10. The molecule has 0 unspecified atom stereocenters. The molecular formula is C13H9ClF3N3O. The Morgan fingerprint density at radius 3 is 2.48 bits per heavy atom. The van der Waals surface area contributed by atoms with Gasteiger partial charge in [-0.2, -0.15) is 13.2 Å². The first-order valence-electron chi connectivity index (χ1n) is 5.74. The minimum atomic E-state index is -4.54. The van der Waals surface area contributed by atoms with Crippen LogP contribution in [0.1, 0.15) is 23.0 Å². The summed E-state index contributed by atoms with van der Waals surface area (Å²) in [4.78, 5) is 18.8. The number of hydrogen-bond acceptors (Lipinski definition) is 4. The van der Waals surface area contributed by atoms with E-state index in [0.29, 0.717) is 0 Å². The zero-order chi connectivity index (χ0) is 15.6. The van der Waals surface area contributed by atoms with Gasteiger partial charge >= 0.3 is 6.18 Å². The van der Waals surface area contributed by atoms with Crippen molar-refractivity contribution in [2.24, 2.45) is 0 Å². The Hall–Kier alpha value is -2.15. The van der Waals surface area contributed by atoms with Gasteiger partial charge in [-0.05, 0) is 18.2 Å². The molecule has 0 aliphatic rings. The fraction of sp³-hybridized carbons (Fsp3) is 0.154. The molecule has 8 heteroatoms. The number of carbonyl (C=O) groups excluding carboxylic acids is 1. The van der Waals surface area contributed by atoms with E-state index in [2.05, 4.69) is 15.3 Å². The van der Waals surface area contributed by atoms with Crippen LogP contribution in [0, 0.1) is 0 Å². The van der Waals surface area contributed by atoms with Crippen molar-refractivity contribution in [1.82, 2.24) is 9.97 Å². The van der Waals surface area contributed by atoms with E-state index in [0.717, 1.165) is 12.1 Å². The molecular weight excluding hydrogens is 307 g/mol. The number of nitrogens with one attached hydrogen (secondary N) is 1. The highest BCUT2D eigenvalue weighted by Gasteiger charge is 2.33. The third-order valence-corrected chi connectivity index (χ3v) is 2.89. The smallest absolute Gasteiger partial charge is 0.339 e. The van der Waals surface area contributed by atoms with Crippen LogP contribution in [0.3, 0.4) is 0 Å². The van der Waals surface area contributed by atoms with Crippen LogP contribution >= 0.6 is 11.6 Å². The summed E-state index contributed by atoms with van der Waals surface area (Å²) in [6, 6.07) is 3.41. The summed E-state index contributed by atoms with van der Waals surface area (Å²) in [6.45, 7) is 1.34. The molecule has 0 aliphatic heterocycles. The van der Waals surface area contributed by atoms with Crippen molar-refractivity contribution in [3.8, 4) is 0 Å². The first kappa shape index (κ1) is 15.2. The van der Waals surface area contributed by atoms with Crippen LogP contribution in [0.2, 0.25) is 5.02 Å². The van der Waals surface area contributed by atoms with Gasteiger partial charge in [0.15, 0.2) is 5.78 Å². The molecule has 1 heterocycles. The fourth-order valence-electron chi connectivity index (χ4n) is 1.54. The number of nitrogens with zero attached hydrogens (tertiary/aromatic N) is 2. The first-order valence-corrected chi connectivity index (χ1v) is 6.12. The van der Waals surface area contributed by atoms with E-state index in [1.54, 1.807) is 0 Å². The van der Waals surface area contributed by atoms with E-state index in [-0.39, 0.29) is 28.0 Å². The number of aromatic nitrogens is 2. The van der Waals surface area contributed by atoms with Crippen LogP contribution in [-0.4, -0.2) is 15.8 Å². The second-order valence-electron chi connectivity index (χ2n) is 4.16. The molecule has 0 bridgehead atoms. The number of anilines is 2. The minimum Gasteiger partial charge on any atom is -0.339 e. The van der Waals surface area contributed by atoms with E-state index in [9.17, 15) is 18.0 Å². The third kappa shape index (κ3) is 3.69. The maximum atomic E-state index is 12.7. The highest BCUT2D eigenvalue weighted by Crippen LogP contribution is 2.36. The third-order valence-electron chi connectivity index (χ3n) is 2.56. The Kier molecular flexibility index (Phi) is 4.13. The van der Waals surface area contributed by atoms with Gasteiger partial charge in [-0.15, -0.1) is 0 Å². The highest BCUT2D eigenvalue weighted by atomic mass is 35.5. The number of alkyl halides is 3. The van der Waals surface area contributed by atoms with Gasteiger partial charge in [0.1, 0.15) is 11.5 Å². The molecule has 0 saturated heterocycles. The van der Waals surface area contributed by atoms with E-state index in [1.807, 2.05) is 0 Å². The highest BCUT2D eigenvalue weighted by molar-refractivity contribution is 6.31. The van der Waals surface area contributed by atoms with E-state index >= 15 is 0 Å². The lowest BCUT2D eigenvalue weighted by Gasteiger charge is -2.12. The van der Waals surface area contributed by atoms with Crippen LogP contribution in [0.5, 0.6) is 0 Å². The van der Waals surface area contributed by atoms with Gasteiger partial charge in [-0.3, -0.25) is 4.79 Å². The molecule has 1 N–H and O–H groups in total. The van der Waals surface area contributed by atoms with Crippen LogP contribution in [0.15, 0.2) is 30.6 Å². The van der Waals surface area contributed by atoms with Gasteiger partial charge in [0.2, 0.25) is 0 Å². The van der Waals surface area contributed by atoms with Crippen LogP contribution in [0.4, 0.5) is 24.7 Å². The molecule has 1 aromatic carbocycles. The van der Waals surface area contributed by atoms with Crippen molar-refractivity contribution in [2.45, 2.75) is 13.1 Å². The van der Waals surface area contributed by atoms with Crippen LogP contribution in [-0.2, 0) is 6.18 Å². The van der Waals surface area contributed by atoms with E-state index in [1.165, 1.54) is 25.4 Å². The predicted molar refractivity (Wildman–Crippen MR) is 71.8 cm³/mol. The van der Waals surface area contributed by atoms with Crippen molar-refractivity contribution < 1.29 is 18.0 Å². The van der Waals surface area contributed by atoms with Gasteiger partial charge in [-0.1, -0.05) is 11.6 Å². The van der Waals surface area contributed by atoms with Gasteiger partial charge < -0.3 is 5.32 Å². The van der Waals surface area contributed by atoms with E-state index < -0.39 is 11.7 Å². The summed E-state index contributed by atoms with van der Waals surface area (Å²) < 4.78 is 38.2. The summed E-state index contributed by atoms with van der Waals surface area (Å²) in [5.41, 5.74) is -0.605. The molecule has 0 fully saturated rings. The number of Topliss-reactive ketones (excluding diaryl/α,β-unsaturated/α-hetero) is 1. The Balaban J connectivity index is 2.26. The van der Waals surface area contributed by atoms with Crippen LogP contribution < -0.4 is 5.32 Å². The van der Waals surface area contributed by atoms with Crippen molar-refractivity contribution in [3.05, 3.63) is 46.9 Å². The SMILES string of the molecule is CC(=O)c1cnc(Nc2ccc(Cl)c(C(F)(F)F)c2)cn1. The Morgan fingerprint density at radius 2 is 1.95 bits per heavy atom. The number of ketones is 1. The molecule has 4 nitrogen and oxygen atoms in total. The van der Waals surface area contributed by atoms with Crippen molar-refractivity contribution in [1.29, 1.82) is 0 Å². The number of benzene rings is 1. The number of hydrogen-bond donors (Lipinski definition) is 1. The zero-order valence-electron chi connectivity index (χ0n) is 10.7.